The van der Waals surface area contributed by atoms with Crippen LogP contribution in [0.5, 0.6) is 0 Å². The Bertz CT molecular complexity index is 232. The minimum atomic E-state index is 0.0810. The molecule has 4 unspecified atom stereocenters. The second kappa shape index (κ2) is 1.47. The summed E-state index contributed by atoms with van der Waals surface area (Å²) in [5.74, 6) is 1.04. The maximum atomic E-state index is 11.3. The van der Waals surface area contributed by atoms with Crippen molar-refractivity contribution in [2.75, 3.05) is 0 Å². The molecule has 0 N–H and O–H groups in total. The monoisotopic (exact) mass is 152 g/mol. The summed E-state index contributed by atoms with van der Waals surface area (Å²) in [4.78, 5) is 11.3. The number of hydrogen-bond acceptors (Lipinski definition) is 2. The highest BCUT2D eigenvalue weighted by molar-refractivity contribution is 5.76. The molecule has 2 heteroatoms. The van der Waals surface area contributed by atoms with E-state index in [0.29, 0.717) is 11.3 Å². The van der Waals surface area contributed by atoms with Crippen LogP contribution in [0.3, 0.4) is 0 Å². The predicted molar refractivity (Wildman–Crippen MR) is 38.8 cm³/mol. The van der Waals surface area contributed by atoms with Gasteiger partial charge in [-0.15, -0.1) is 0 Å². The van der Waals surface area contributed by atoms with Crippen LogP contribution in [-0.4, -0.2) is 12.1 Å². The van der Waals surface area contributed by atoms with Gasteiger partial charge >= 0.3 is 5.97 Å². The molecule has 2 aliphatic carbocycles. The molecule has 4 aliphatic rings. The summed E-state index contributed by atoms with van der Waals surface area (Å²) in [6.45, 7) is 2.25. The Labute approximate surface area is 65.9 Å². The molecule has 2 saturated carbocycles. The molecule has 2 nitrogen and oxygen atoms in total. The lowest BCUT2D eigenvalue weighted by Crippen LogP contribution is -2.43. The molecule has 4 rings (SSSR count). The molecule has 4 atom stereocenters. The van der Waals surface area contributed by atoms with Gasteiger partial charge in [-0.1, -0.05) is 6.92 Å². The Morgan fingerprint density at radius 1 is 1.55 bits per heavy atom. The molecule has 4 bridgehead atoms. The minimum absolute atomic E-state index is 0.0810. The number of esters is 1. The lowest BCUT2D eigenvalue weighted by atomic mass is 9.74. The highest BCUT2D eigenvalue weighted by atomic mass is 16.5. The van der Waals surface area contributed by atoms with Crippen molar-refractivity contribution >= 4 is 5.97 Å². The lowest BCUT2D eigenvalue weighted by molar-refractivity contribution is -0.174. The number of fused-ring (bicyclic) bond motifs is 1. The van der Waals surface area contributed by atoms with Crippen LogP contribution in [0, 0.1) is 17.3 Å². The first-order chi connectivity index (χ1) is 5.19. The summed E-state index contributed by atoms with van der Waals surface area (Å²) >= 11 is 0. The van der Waals surface area contributed by atoms with Crippen molar-refractivity contribution in [3.8, 4) is 0 Å². The molecule has 11 heavy (non-hydrogen) atoms. The second-order valence-electron chi connectivity index (χ2n) is 4.59. The second-order valence-corrected chi connectivity index (χ2v) is 4.59. The van der Waals surface area contributed by atoms with Gasteiger partial charge in [-0.2, -0.15) is 0 Å². The van der Waals surface area contributed by atoms with Gasteiger partial charge in [0.2, 0.25) is 0 Å². The van der Waals surface area contributed by atoms with Crippen LogP contribution < -0.4 is 0 Å². The summed E-state index contributed by atoms with van der Waals surface area (Å²) in [6.07, 6.45) is 3.76. The number of rotatable bonds is 0. The molecule has 2 aliphatic heterocycles. The van der Waals surface area contributed by atoms with Gasteiger partial charge in [0, 0.05) is 0 Å². The first-order valence-corrected chi connectivity index (χ1v) is 4.39. The van der Waals surface area contributed by atoms with Gasteiger partial charge in [0.1, 0.15) is 6.10 Å². The Balaban J connectivity index is 2.09. The van der Waals surface area contributed by atoms with Crippen LogP contribution in [0.4, 0.5) is 0 Å². The number of carbonyl (C=O) groups is 1. The molecule has 0 spiro atoms. The van der Waals surface area contributed by atoms with Gasteiger partial charge in [0.15, 0.2) is 0 Å². The largest absolute Gasteiger partial charge is 0.462 e. The quantitative estimate of drug-likeness (QED) is 0.490. The fourth-order valence-electron chi connectivity index (χ4n) is 3.30. The maximum absolute atomic E-state index is 11.3. The summed E-state index contributed by atoms with van der Waals surface area (Å²) in [7, 11) is 0. The van der Waals surface area contributed by atoms with Gasteiger partial charge in [-0.05, 0) is 30.6 Å². The van der Waals surface area contributed by atoms with Crippen molar-refractivity contribution in [3.05, 3.63) is 0 Å². The van der Waals surface area contributed by atoms with Crippen molar-refractivity contribution in [1.29, 1.82) is 0 Å². The van der Waals surface area contributed by atoms with Crippen LogP contribution >= 0.6 is 0 Å². The third-order valence-corrected chi connectivity index (χ3v) is 3.85. The van der Waals surface area contributed by atoms with Crippen LogP contribution in [0.25, 0.3) is 0 Å². The average Bonchev–Trinajstić information content (AvgIpc) is 2.35. The van der Waals surface area contributed by atoms with E-state index in [2.05, 4.69) is 6.92 Å². The van der Waals surface area contributed by atoms with Crippen LogP contribution in [0.15, 0.2) is 0 Å². The van der Waals surface area contributed by atoms with Crippen LogP contribution in [0.1, 0.15) is 26.2 Å². The van der Waals surface area contributed by atoms with E-state index in [4.69, 9.17) is 4.74 Å². The van der Waals surface area contributed by atoms with Gasteiger partial charge in [0.25, 0.3) is 0 Å². The molecule has 0 aromatic heterocycles. The summed E-state index contributed by atoms with van der Waals surface area (Å²) < 4.78 is 5.27. The highest BCUT2D eigenvalue weighted by Crippen LogP contribution is 2.61. The van der Waals surface area contributed by atoms with E-state index in [-0.39, 0.29) is 18.0 Å². The van der Waals surface area contributed by atoms with E-state index in [0.717, 1.165) is 12.8 Å². The third-order valence-electron chi connectivity index (χ3n) is 3.85. The maximum Gasteiger partial charge on any atom is 0.309 e. The topological polar surface area (TPSA) is 26.3 Å². The van der Waals surface area contributed by atoms with Crippen LogP contribution in [0.2, 0.25) is 0 Å². The zero-order chi connectivity index (χ0) is 7.64. The molecule has 4 fully saturated rings. The summed E-state index contributed by atoms with van der Waals surface area (Å²) in [5, 5.41) is 0. The van der Waals surface area contributed by atoms with Crippen LogP contribution in [-0.2, 0) is 9.53 Å². The Morgan fingerprint density at radius 2 is 2.36 bits per heavy atom. The van der Waals surface area contributed by atoms with E-state index >= 15 is 0 Å². The molecule has 2 heterocycles. The number of hydrogen-bond donors (Lipinski definition) is 0. The molecule has 0 aromatic rings. The normalized spacial score (nSPS) is 58.6. The first-order valence-electron chi connectivity index (χ1n) is 4.39. The molecule has 0 radical (unpaired) electrons. The van der Waals surface area contributed by atoms with Gasteiger partial charge in [-0.25, -0.2) is 0 Å². The highest BCUT2D eigenvalue weighted by Gasteiger charge is 2.62. The molecular formula is C9H12O2. The van der Waals surface area contributed by atoms with E-state index in [1.54, 1.807) is 0 Å². The Kier molecular flexibility index (Phi) is 0.809. The van der Waals surface area contributed by atoms with E-state index < -0.39 is 0 Å². The fraction of sp³-hybridized carbons (Fsp3) is 0.889. The first kappa shape index (κ1) is 6.04. The zero-order valence-corrected chi connectivity index (χ0v) is 6.67. The van der Waals surface area contributed by atoms with Crippen molar-refractivity contribution in [2.45, 2.75) is 32.3 Å². The Morgan fingerprint density at radius 3 is 2.82 bits per heavy atom. The van der Waals surface area contributed by atoms with E-state index in [9.17, 15) is 4.79 Å². The van der Waals surface area contributed by atoms with Crippen molar-refractivity contribution in [3.63, 3.8) is 0 Å². The molecular weight excluding hydrogens is 140 g/mol. The van der Waals surface area contributed by atoms with E-state index in [1.807, 2.05) is 0 Å². The number of ether oxygens (including phenoxy) is 1. The van der Waals surface area contributed by atoms with Gasteiger partial charge < -0.3 is 4.74 Å². The molecule has 0 aromatic carbocycles. The van der Waals surface area contributed by atoms with E-state index in [1.165, 1.54) is 6.42 Å². The number of carbonyl (C=O) groups excluding carboxylic acids is 1. The van der Waals surface area contributed by atoms with Crippen molar-refractivity contribution in [1.82, 2.24) is 0 Å². The zero-order valence-electron chi connectivity index (χ0n) is 6.67. The standard InChI is InChI=1S/C9H12O2/c1-9-3-5-2-6(9)8(10)11-7(5)4-9/h5-7H,2-4H2,1H3. The lowest BCUT2D eigenvalue weighted by Gasteiger charge is -2.39. The molecule has 60 valence electrons. The van der Waals surface area contributed by atoms with Crippen molar-refractivity contribution in [2.24, 2.45) is 17.3 Å². The molecule has 2 saturated heterocycles. The predicted octanol–water partition coefficient (Wildman–Crippen LogP) is 1.35. The fourth-order valence-corrected chi connectivity index (χ4v) is 3.30. The van der Waals surface area contributed by atoms with Crippen molar-refractivity contribution < 1.29 is 9.53 Å². The summed E-state index contributed by atoms with van der Waals surface area (Å²) in [6, 6.07) is 0. The average molecular weight is 152 g/mol. The Hall–Kier alpha value is -0.530. The smallest absolute Gasteiger partial charge is 0.309 e. The van der Waals surface area contributed by atoms with Gasteiger partial charge in [-0.3, -0.25) is 4.79 Å². The SMILES string of the molecule is CC12CC3CC1C(=O)OC3C2. The summed E-state index contributed by atoms with van der Waals surface area (Å²) in [5.41, 5.74) is 0.324. The van der Waals surface area contributed by atoms with Gasteiger partial charge in [0.05, 0.1) is 5.92 Å². The minimum Gasteiger partial charge on any atom is -0.462 e. The third kappa shape index (κ3) is 0.534. The molecule has 0 amide bonds.